The molecule has 96 valence electrons. The van der Waals surface area contributed by atoms with Crippen LogP contribution in [0.25, 0.3) is 0 Å². The Kier molecular flexibility index (Phi) is 3.94. The number of aromatic nitrogens is 2. The Bertz CT molecular complexity index is 525. The summed E-state index contributed by atoms with van der Waals surface area (Å²) >= 11 is 0. The number of ether oxygens (including phenoxy) is 1. The monoisotopic (exact) mass is 249 g/mol. The average molecular weight is 249 g/mol. The first-order valence-electron chi connectivity index (χ1n) is 5.78. The van der Waals surface area contributed by atoms with Crippen LogP contribution in [0, 0.1) is 5.82 Å². The van der Waals surface area contributed by atoms with Crippen LogP contribution in [0.1, 0.15) is 11.1 Å². The summed E-state index contributed by atoms with van der Waals surface area (Å²) in [6, 6.07) is 4.74. The first kappa shape index (κ1) is 12.6. The maximum atomic E-state index is 13.4. The number of hydrogen-bond acceptors (Lipinski definition) is 3. The fourth-order valence-corrected chi connectivity index (χ4v) is 1.67. The van der Waals surface area contributed by atoms with E-state index >= 15 is 0 Å². The number of nitrogens with two attached hydrogens (primary N) is 1. The van der Waals surface area contributed by atoms with Crippen molar-refractivity contribution >= 4 is 0 Å². The summed E-state index contributed by atoms with van der Waals surface area (Å²) in [5.74, 6) is 0.199. The largest absolute Gasteiger partial charge is 0.493 e. The van der Waals surface area contributed by atoms with E-state index in [1.165, 1.54) is 6.07 Å². The Morgan fingerprint density at radius 2 is 2.28 bits per heavy atom. The van der Waals surface area contributed by atoms with Gasteiger partial charge in [0.25, 0.3) is 0 Å². The van der Waals surface area contributed by atoms with Crippen LogP contribution < -0.4 is 10.5 Å². The summed E-state index contributed by atoms with van der Waals surface area (Å²) in [5.41, 5.74) is 6.98. The third-order valence-electron chi connectivity index (χ3n) is 2.66. The third kappa shape index (κ3) is 3.07. The maximum absolute atomic E-state index is 13.4. The normalized spacial score (nSPS) is 10.6. The molecule has 0 saturated carbocycles. The van der Waals surface area contributed by atoms with Crippen molar-refractivity contribution in [3.8, 4) is 5.75 Å². The first-order chi connectivity index (χ1) is 8.69. The van der Waals surface area contributed by atoms with E-state index in [0.717, 1.165) is 12.0 Å². The van der Waals surface area contributed by atoms with E-state index in [1.807, 2.05) is 13.2 Å². The average Bonchev–Trinajstić information content (AvgIpc) is 2.75. The predicted molar refractivity (Wildman–Crippen MR) is 66.7 cm³/mol. The van der Waals surface area contributed by atoms with E-state index in [2.05, 4.69) is 5.10 Å². The molecule has 0 fully saturated rings. The Morgan fingerprint density at radius 3 is 2.89 bits per heavy atom. The van der Waals surface area contributed by atoms with Crippen LogP contribution in [0.5, 0.6) is 5.75 Å². The van der Waals surface area contributed by atoms with Crippen molar-refractivity contribution in [2.75, 3.05) is 6.61 Å². The van der Waals surface area contributed by atoms with Gasteiger partial charge in [0.1, 0.15) is 11.6 Å². The second-order valence-electron chi connectivity index (χ2n) is 4.08. The highest BCUT2D eigenvalue weighted by Gasteiger charge is 2.03. The molecular weight excluding hydrogens is 233 g/mol. The Balaban J connectivity index is 1.88. The van der Waals surface area contributed by atoms with E-state index in [1.54, 1.807) is 23.0 Å². The summed E-state index contributed by atoms with van der Waals surface area (Å²) in [6.45, 7) is 0.689. The zero-order valence-corrected chi connectivity index (χ0v) is 10.3. The van der Waals surface area contributed by atoms with Gasteiger partial charge in [-0.05, 0) is 11.6 Å². The highest BCUT2D eigenvalue weighted by atomic mass is 19.1. The lowest BCUT2D eigenvalue weighted by atomic mass is 10.2. The van der Waals surface area contributed by atoms with E-state index in [9.17, 15) is 4.39 Å². The van der Waals surface area contributed by atoms with Crippen LogP contribution in [0.2, 0.25) is 0 Å². The van der Waals surface area contributed by atoms with Crippen molar-refractivity contribution in [3.05, 3.63) is 47.5 Å². The van der Waals surface area contributed by atoms with Gasteiger partial charge in [0, 0.05) is 37.8 Å². The molecule has 0 aliphatic heterocycles. The van der Waals surface area contributed by atoms with Crippen molar-refractivity contribution in [3.63, 3.8) is 0 Å². The molecule has 18 heavy (non-hydrogen) atoms. The molecule has 1 aromatic heterocycles. The van der Waals surface area contributed by atoms with Crippen molar-refractivity contribution in [2.24, 2.45) is 12.8 Å². The highest BCUT2D eigenvalue weighted by molar-refractivity contribution is 5.28. The fourth-order valence-electron chi connectivity index (χ4n) is 1.67. The zero-order valence-electron chi connectivity index (χ0n) is 10.3. The summed E-state index contributed by atoms with van der Waals surface area (Å²) in [4.78, 5) is 0. The van der Waals surface area contributed by atoms with E-state index in [-0.39, 0.29) is 12.4 Å². The second-order valence-corrected chi connectivity index (χ2v) is 4.08. The van der Waals surface area contributed by atoms with Gasteiger partial charge in [-0.3, -0.25) is 4.68 Å². The van der Waals surface area contributed by atoms with Gasteiger partial charge in [0.2, 0.25) is 0 Å². The standard InChI is InChI=1S/C13H16FN3O/c1-17-9-10(8-16-17)4-5-18-12-3-2-11(7-15)13(14)6-12/h2-3,6,8-9H,4-5,7,15H2,1H3. The van der Waals surface area contributed by atoms with E-state index < -0.39 is 0 Å². The lowest BCUT2D eigenvalue weighted by molar-refractivity contribution is 0.320. The molecule has 0 atom stereocenters. The summed E-state index contributed by atoms with van der Waals surface area (Å²) < 4.78 is 20.7. The lowest BCUT2D eigenvalue weighted by Crippen LogP contribution is -2.03. The zero-order chi connectivity index (χ0) is 13.0. The quantitative estimate of drug-likeness (QED) is 0.876. The minimum atomic E-state index is -0.323. The fraction of sp³-hybridized carbons (Fsp3) is 0.308. The highest BCUT2D eigenvalue weighted by Crippen LogP contribution is 2.16. The van der Waals surface area contributed by atoms with Crippen LogP contribution in [0.4, 0.5) is 4.39 Å². The molecule has 0 aliphatic carbocycles. The van der Waals surface area contributed by atoms with Crippen molar-refractivity contribution in [2.45, 2.75) is 13.0 Å². The molecule has 0 unspecified atom stereocenters. The van der Waals surface area contributed by atoms with Gasteiger partial charge in [0.05, 0.1) is 12.8 Å². The number of aryl methyl sites for hydroxylation is 1. The maximum Gasteiger partial charge on any atom is 0.131 e. The molecule has 2 N–H and O–H groups in total. The number of halogens is 1. The van der Waals surface area contributed by atoms with E-state index in [0.29, 0.717) is 17.9 Å². The Hall–Kier alpha value is -1.88. The topological polar surface area (TPSA) is 53.1 Å². The molecule has 5 heteroatoms. The number of benzene rings is 1. The Morgan fingerprint density at radius 1 is 1.44 bits per heavy atom. The van der Waals surface area contributed by atoms with Gasteiger partial charge in [-0.25, -0.2) is 4.39 Å². The van der Waals surface area contributed by atoms with Crippen molar-refractivity contribution in [1.82, 2.24) is 9.78 Å². The molecular formula is C13H16FN3O. The van der Waals surface area contributed by atoms with Crippen molar-refractivity contribution in [1.29, 1.82) is 0 Å². The molecule has 1 heterocycles. The van der Waals surface area contributed by atoms with Crippen LogP contribution in [0.3, 0.4) is 0 Å². The van der Waals surface area contributed by atoms with Gasteiger partial charge in [-0.2, -0.15) is 5.10 Å². The molecule has 1 aromatic carbocycles. The number of hydrogen-bond donors (Lipinski definition) is 1. The number of nitrogens with zero attached hydrogens (tertiary/aromatic N) is 2. The molecule has 0 radical (unpaired) electrons. The molecule has 0 saturated heterocycles. The second kappa shape index (κ2) is 5.64. The first-order valence-corrected chi connectivity index (χ1v) is 5.78. The molecule has 2 aromatic rings. The molecule has 0 spiro atoms. The Labute approximate surface area is 105 Å². The molecule has 0 bridgehead atoms. The third-order valence-corrected chi connectivity index (χ3v) is 2.66. The summed E-state index contributed by atoms with van der Waals surface area (Å²) in [7, 11) is 1.87. The minimum absolute atomic E-state index is 0.196. The van der Waals surface area contributed by atoms with Gasteiger partial charge >= 0.3 is 0 Å². The van der Waals surface area contributed by atoms with Crippen LogP contribution >= 0.6 is 0 Å². The van der Waals surface area contributed by atoms with Crippen LogP contribution in [0.15, 0.2) is 30.6 Å². The van der Waals surface area contributed by atoms with E-state index in [4.69, 9.17) is 10.5 Å². The lowest BCUT2D eigenvalue weighted by Gasteiger charge is -2.07. The molecule has 0 amide bonds. The van der Waals surface area contributed by atoms with Gasteiger partial charge in [-0.1, -0.05) is 6.07 Å². The molecule has 2 rings (SSSR count). The minimum Gasteiger partial charge on any atom is -0.493 e. The number of rotatable bonds is 5. The van der Waals surface area contributed by atoms with Gasteiger partial charge in [0.15, 0.2) is 0 Å². The molecule has 4 nitrogen and oxygen atoms in total. The van der Waals surface area contributed by atoms with Gasteiger partial charge in [-0.15, -0.1) is 0 Å². The SMILES string of the molecule is Cn1cc(CCOc2ccc(CN)c(F)c2)cn1. The summed E-state index contributed by atoms with van der Waals surface area (Å²) in [6.07, 6.45) is 4.47. The van der Waals surface area contributed by atoms with Crippen LogP contribution in [-0.2, 0) is 20.0 Å². The molecule has 0 aliphatic rings. The smallest absolute Gasteiger partial charge is 0.131 e. The summed E-state index contributed by atoms with van der Waals surface area (Å²) in [5, 5.41) is 4.07. The van der Waals surface area contributed by atoms with Gasteiger partial charge < -0.3 is 10.5 Å². The van der Waals surface area contributed by atoms with Crippen molar-refractivity contribution < 1.29 is 9.13 Å². The predicted octanol–water partition coefficient (Wildman–Crippen LogP) is 1.64. The van der Waals surface area contributed by atoms with Crippen LogP contribution in [-0.4, -0.2) is 16.4 Å².